The van der Waals surface area contributed by atoms with Gasteiger partial charge in [-0.2, -0.15) is 5.26 Å². The van der Waals surface area contributed by atoms with E-state index < -0.39 is 11.0 Å². The van der Waals surface area contributed by atoms with Crippen molar-refractivity contribution in [1.29, 1.82) is 5.26 Å². The molecule has 3 unspecified atom stereocenters. The lowest BCUT2D eigenvalue weighted by molar-refractivity contribution is -0.103. The Labute approximate surface area is 104 Å². The zero-order valence-corrected chi connectivity index (χ0v) is 10.6. The largest absolute Gasteiger partial charge is 0.388 e. The number of nitriles is 1. The van der Waals surface area contributed by atoms with Crippen LogP contribution in [0, 0.1) is 28.6 Å². The Morgan fingerprint density at radius 2 is 1.76 bits per heavy atom. The van der Waals surface area contributed by atoms with Gasteiger partial charge >= 0.3 is 0 Å². The van der Waals surface area contributed by atoms with Crippen molar-refractivity contribution in [2.24, 2.45) is 17.3 Å². The molecule has 0 aliphatic heterocycles. The van der Waals surface area contributed by atoms with E-state index in [1.54, 1.807) is 0 Å². The van der Waals surface area contributed by atoms with Gasteiger partial charge in [-0.1, -0.05) is 25.7 Å². The topological polar surface area (TPSA) is 44.0 Å². The summed E-state index contributed by atoms with van der Waals surface area (Å²) in [7, 11) is 0. The van der Waals surface area contributed by atoms with Gasteiger partial charge in [-0.3, -0.25) is 0 Å². The zero-order chi connectivity index (χ0) is 11.9. The van der Waals surface area contributed by atoms with Crippen LogP contribution in [0.2, 0.25) is 0 Å². The molecule has 2 bridgehead atoms. The number of nitrogens with zero attached hydrogens (tertiary/aromatic N) is 1. The maximum atomic E-state index is 11.2. The van der Waals surface area contributed by atoms with Crippen LogP contribution in [0.25, 0.3) is 0 Å². The van der Waals surface area contributed by atoms with Gasteiger partial charge in [0.2, 0.25) is 0 Å². The van der Waals surface area contributed by atoms with E-state index in [0.29, 0.717) is 11.8 Å². The number of rotatable bonds is 1. The van der Waals surface area contributed by atoms with Crippen LogP contribution in [0.5, 0.6) is 0 Å². The van der Waals surface area contributed by atoms with Gasteiger partial charge in [0.05, 0.1) is 17.1 Å². The van der Waals surface area contributed by atoms with Gasteiger partial charge in [-0.25, -0.2) is 0 Å². The summed E-state index contributed by atoms with van der Waals surface area (Å²) >= 11 is 0. The molecule has 2 heteroatoms. The van der Waals surface area contributed by atoms with Gasteiger partial charge in [-0.05, 0) is 50.4 Å². The third-order valence-corrected chi connectivity index (χ3v) is 5.82. The maximum Gasteiger partial charge on any atom is 0.0864 e. The van der Waals surface area contributed by atoms with Gasteiger partial charge in [0.15, 0.2) is 0 Å². The van der Waals surface area contributed by atoms with Crippen LogP contribution in [0.15, 0.2) is 0 Å². The van der Waals surface area contributed by atoms with Crippen LogP contribution in [-0.2, 0) is 0 Å². The lowest BCUT2D eigenvalue weighted by atomic mass is 9.61. The van der Waals surface area contributed by atoms with Gasteiger partial charge in [-0.15, -0.1) is 0 Å². The van der Waals surface area contributed by atoms with E-state index in [1.165, 1.54) is 25.7 Å². The van der Waals surface area contributed by atoms with Crippen LogP contribution < -0.4 is 0 Å². The Morgan fingerprint density at radius 3 is 2.24 bits per heavy atom. The van der Waals surface area contributed by atoms with Crippen molar-refractivity contribution in [3.63, 3.8) is 0 Å². The summed E-state index contributed by atoms with van der Waals surface area (Å²) in [6.45, 7) is 0. The van der Waals surface area contributed by atoms with E-state index >= 15 is 0 Å². The van der Waals surface area contributed by atoms with Crippen molar-refractivity contribution >= 4 is 0 Å². The Bertz CT molecular complexity index is 337. The summed E-state index contributed by atoms with van der Waals surface area (Å²) in [5, 5.41) is 20.9. The Kier molecular flexibility index (Phi) is 2.70. The standard InChI is InChI=1S/C15H23NO/c16-11-14(7-3-1-2-4-8-14)15(17)10-12-5-6-13(15)9-12/h12-13,17H,1-10H2. The summed E-state index contributed by atoms with van der Waals surface area (Å²) in [6, 6.07) is 2.57. The zero-order valence-electron chi connectivity index (χ0n) is 10.6. The summed E-state index contributed by atoms with van der Waals surface area (Å²) in [6.07, 6.45) is 11.2. The Balaban J connectivity index is 1.91. The number of hydrogen-bond acceptors (Lipinski definition) is 2. The highest BCUT2D eigenvalue weighted by atomic mass is 16.3. The average Bonchev–Trinajstić information content (AvgIpc) is 2.82. The third-order valence-electron chi connectivity index (χ3n) is 5.82. The van der Waals surface area contributed by atoms with Crippen molar-refractivity contribution in [1.82, 2.24) is 0 Å². The smallest absolute Gasteiger partial charge is 0.0864 e. The fourth-order valence-corrected chi connectivity index (χ4v) is 4.86. The van der Waals surface area contributed by atoms with E-state index in [9.17, 15) is 10.4 Å². The lowest BCUT2D eigenvalue weighted by Gasteiger charge is -2.45. The predicted molar refractivity (Wildman–Crippen MR) is 66.1 cm³/mol. The molecule has 3 rings (SSSR count). The van der Waals surface area contributed by atoms with Crippen LogP contribution in [0.4, 0.5) is 0 Å². The number of fused-ring (bicyclic) bond motifs is 2. The predicted octanol–water partition coefficient (Wildman–Crippen LogP) is 3.40. The van der Waals surface area contributed by atoms with Crippen molar-refractivity contribution < 1.29 is 5.11 Å². The van der Waals surface area contributed by atoms with Crippen LogP contribution in [0.1, 0.15) is 64.2 Å². The van der Waals surface area contributed by atoms with E-state index in [0.717, 1.165) is 38.5 Å². The van der Waals surface area contributed by atoms with Crippen molar-refractivity contribution in [3.8, 4) is 6.07 Å². The summed E-state index contributed by atoms with van der Waals surface area (Å²) in [5.74, 6) is 1.13. The molecular formula is C15H23NO. The molecule has 17 heavy (non-hydrogen) atoms. The lowest BCUT2D eigenvalue weighted by Crippen LogP contribution is -2.51. The molecular weight excluding hydrogens is 210 g/mol. The number of hydrogen-bond donors (Lipinski definition) is 1. The molecule has 0 aromatic rings. The minimum Gasteiger partial charge on any atom is -0.388 e. The quantitative estimate of drug-likeness (QED) is 0.705. The minimum absolute atomic E-state index is 0.413. The van der Waals surface area contributed by atoms with Crippen LogP contribution in [-0.4, -0.2) is 10.7 Å². The van der Waals surface area contributed by atoms with E-state index in [4.69, 9.17) is 0 Å². The second-order valence-electron chi connectivity index (χ2n) is 6.61. The van der Waals surface area contributed by atoms with Gasteiger partial charge in [0.1, 0.15) is 0 Å². The second kappa shape index (κ2) is 3.99. The monoisotopic (exact) mass is 233 g/mol. The molecule has 2 nitrogen and oxygen atoms in total. The van der Waals surface area contributed by atoms with Crippen molar-refractivity contribution in [2.75, 3.05) is 0 Å². The molecule has 3 aliphatic carbocycles. The third kappa shape index (κ3) is 1.55. The molecule has 0 saturated heterocycles. The highest BCUT2D eigenvalue weighted by molar-refractivity contribution is 5.18. The Morgan fingerprint density at radius 1 is 1.06 bits per heavy atom. The first-order chi connectivity index (χ1) is 8.20. The van der Waals surface area contributed by atoms with Crippen molar-refractivity contribution in [3.05, 3.63) is 0 Å². The maximum absolute atomic E-state index is 11.2. The molecule has 3 saturated carbocycles. The minimum atomic E-state index is -0.644. The van der Waals surface area contributed by atoms with Gasteiger partial charge < -0.3 is 5.11 Å². The first kappa shape index (κ1) is 11.5. The molecule has 0 amide bonds. The van der Waals surface area contributed by atoms with Gasteiger partial charge in [0.25, 0.3) is 0 Å². The molecule has 3 aliphatic rings. The molecule has 3 atom stereocenters. The molecule has 0 radical (unpaired) electrons. The van der Waals surface area contributed by atoms with E-state index in [1.807, 2.05) is 0 Å². The highest BCUT2D eigenvalue weighted by Gasteiger charge is 2.61. The molecule has 0 heterocycles. The Hall–Kier alpha value is -0.550. The molecule has 0 aromatic carbocycles. The fourth-order valence-electron chi connectivity index (χ4n) is 4.86. The molecule has 94 valence electrons. The molecule has 3 fully saturated rings. The molecule has 1 N–H and O–H groups in total. The van der Waals surface area contributed by atoms with Crippen LogP contribution in [0.3, 0.4) is 0 Å². The normalized spacial score (nSPS) is 44.2. The van der Waals surface area contributed by atoms with Crippen LogP contribution >= 0.6 is 0 Å². The summed E-state index contributed by atoms with van der Waals surface area (Å²) in [5.41, 5.74) is -1.06. The second-order valence-corrected chi connectivity index (χ2v) is 6.61. The summed E-state index contributed by atoms with van der Waals surface area (Å²) in [4.78, 5) is 0. The van der Waals surface area contributed by atoms with Gasteiger partial charge in [0, 0.05) is 0 Å². The molecule has 0 spiro atoms. The number of aliphatic hydroxyl groups is 1. The first-order valence-electron chi connectivity index (χ1n) is 7.34. The SMILES string of the molecule is N#CC1(C2(O)CC3CCC2C3)CCCCCC1. The summed E-state index contributed by atoms with van der Waals surface area (Å²) < 4.78 is 0. The first-order valence-corrected chi connectivity index (χ1v) is 7.34. The van der Waals surface area contributed by atoms with E-state index in [2.05, 4.69) is 6.07 Å². The van der Waals surface area contributed by atoms with E-state index in [-0.39, 0.29) is 0 Å². The van der Waals surface area contributed by atoms with Crippen molar-refractivity contribution in [2.45, 2.75) is 69.8 Å². The highest BCUT2D eigenvalue weighted by Crippen LogP contribution is 2.60. The fraction of sp³-hybridized carbons (Fsp3) is 0.933. The molecule has 0 aromatic heterocycles. The average molecular weight is 233 g/mol.